The van der Waals surface area contributed by atoms with Crippen molar-refractivity contribution in [3.8, 4) is 23.0 Å². The van der Waals surface area contributed by atoms with Crippen LogP contribution in [-0.2, 0) is 0 Å². The highest BCUT2D eigenvalue weighted by Gasteiger charge is 2.21. The van der Waals surface area contributed by atoms with E-state index < -0.39 is 0 Å². The molecule has 0 saturated heterocycles. The number of aryl methyl sites for hydroxylation is 1. The highest BCUT2D eigenvalue weighted by atomic mass is 16.5. The molecule has 0 aliphatic heterocycles. The van der Waals surface area contributed by atoms with Gasteiger partial charge in [-0.15, -0.1) is 10.2 Å². The van der Waals surface area contributed by atoms with E-state index in [1.807, 2.05) is 62.4 Å². The van der Waals surface area contributed by atoms with Gasteiger partial charge in [-0.1, -0.05) is 36.8 Å². The average molecular weight is 324 g/mol. The van der Waals surface area contributed by atoms with E-state index in [2.05, 4.69) is 10.2 Å². The Morgan fingerprint density at radius 2 is 1.71 bits per heavy atom. The van der Waals surface area contributed by atoms with Crippen LogP contribution in [0.4, 0.5) is 0 Å². The van der Waals surface area contributed by atoms with Gasteiger partial charge < -0.3 is 13.9 Å². The minimum atomic E-state index is -0.326. The van der Waals surface area contributed by atoms with E-state index in [1.165, 1.54) is 5.56 Å². The molecule has 1 unspecified atom stereocenters. The van der Waals surface area contributed by atoms with E-state index in [4.69, 9.17) is 13.9 Å². The predicted octanol–water partition coefficient (Wildman–Crippen LogP) is 4.58. The fourth-order valence-electron chi connectivity index (χ4n) is 2.36. The molecule has 0 radical (unpaired) electrons. The topological polar surface area (TPSA) is 57.4 Å². The highest BCUT2D eigenvalue weighted by Crippen LogP contribution is 2.32. The zero-order valence-electron chi connectivity index (χ0n) is 14.0. The lowest BCUT2D eigenvalue weighted by Gasteiger charge is -2.16. The quantitative estimate of drug-likeness (QED) is 0.664. The van der Waals surface area contributed by atoms with Crippen molar-refractivity contribution in [1.29, 1.82) is 0 Å². The summed E-state index contributed by atoms with van der Waals surface area (Å²) in [5.41, 5.74) is 2.08. The normalized spacial score (nSPS) is 12.0. The second kappa shape index (κ2) is 7.17. The predicted molar refractivity (Wildman–Crippen MR) is 91.1 cm³/mol. The zero-order chi connectivity index (χ0) is 16.9. The van der Waals surface area contributed by atoms with E-state index in [0.717, 1.165) is 5.56 Å². The van der Waals surface area contributed by atoms with Crippen molar-refractivity contribution in [2.45, 2.75) is 26.4 Å². The molecule has 0 amide bonds. The second-order valence-corrected chi connectivity index (χ2v) is 5.48. The molecule has 0 aliphatic carbocycles. The average Bonchev–Trinajstić information content (AvgIpc) is 3.10. The van der Waals surface area contributed by atoms with E-state index in [9.17, 15) is 0 Å². The third-order valence-electron chi connectivity index (χ3n) is 3.72. The fraction of sp³-hybridized carbons (Fsp3) is 0.263. The summed E-state index contributed by atoms with van der Waals surface area (Å²) in [6.07, 6.45) is 0.376. The van der Waals surface area contributed by atoms with Crippen molar-refractivity contribution in [2.24, 2.45) is 0 Å². The standard InChI is InChI=1S/C19H20N2O3/c1-4-15(23-17-8-6-5-7-16(17)22-3)19-21-20-18(24-19)14-11-9-13(2)10-12-14/h5-12,15H,4H2,1-3H3. The number of para-hydroxylation sites is 2. The highest BCUT2D eigenvalue weighted by molar-refractivity contribution is 5.52. The monoisotopic (exact) mass is 324 g/mol. The van der Waals surface area contributed by atoms with Crippen LogP contribution in [0.3, 0.4) is 0 Å². The smallest absolute Gasteiger partial charge is 0.257 e. The van der Waals surface area contributed by atoms with E-state index >= 15 is 0 Å². The molecule has 0 N–H and O–H groups in total. The first-order valence-electron chi connectivity index (χ1n) is 7.91. The molecule has 5 heteroatoms. The van der Waals surface area contributed by atoms with E-state index in [0.29, 0.717) is 29.7 Å². The van der Waals surface area contributed by atoms with Gasteiger partial charge in [0, 0.05) is 5.56 Å². The van der Waals surface area contributed by atoms with Crippen LogP contribution in [0, 0.1) is 6.92 Å². The SMILES string of the molecule is CCC(Oc1ccccc1OC)c1nnc(-c2ccc(C)cc2)o1. The van der Waals surface area contributed by atoms with Crippen LogP contribution in [-0.4, -0.2) is 17.3 Å². The number of hydrogen-bond donors (Lipinski definition) is 0. The Bertz CT molecular complexity index is 796. The molecule has 3 rings (SSSR count). The first-order valence-corrected chi connectivity index (χ1v) is 7.91. The molecule has 0 saturated carbocycles. The Morgan fingerprint density at radius 3 is 2.38 bits per heavy atom. The molecular formula is C19H20N2O3. The van der Waals surface area contributed by atoms with Gasteiger partial charge in [-0.3, -0.25) is 0 Å². The summed E-state index contributed by atoms with van der Waals surface area (Å²) in [7, 11) is 1.62. The summed E-state index contributed by atoms with van der Waals surface area (Å²) < 4.78 is 17.2. The molecule has 1 atom stereocenters. The third kappa shape index (κ3) is 3.40. The Balaban J connectivity index is 1.83. The molecule has 0 spiro atoms. The van der Waals surface area contributed by atoms with Gasteiger partial charge in [0.15, 0.2) is 17.6 Å². The summed E-state index contributed by atoms with van der Waals surface area (Å²) in [6, 6.07) is 15.5. The molecule has 0 fully saturated rings. The van der Waals surface area contributed by atoms with Crippen molar-refractivity contribution in [2.75, 3.05) is 7.11 Å². The number of benzene rings is 2. The number of nitrogens with zero attached hydrogens (tertiary/aromatic N) is 2. The number of ether oxygens (including phenoxy) is 2. The lowest BCUT2D eigenvalue weighted by Crippen LogP contribution is -2.07. The third-order valence-corrected chi connectivity index (χ3v) is 3.72. The van der Waals surface area contributed by atoms with Crippen LogP contribution >= 0.6 is 0 Å². The van der Waals surface area contributed by atoms with Gasteiger partial charge in [0.25, 0.3) is 5.89 Å². The minimum Gasteiger partial charge on any atom is -0.493 e. The molecule has 0 aliphatic rings. The summed E-state index contributed by atoms with van der Waals surface area (Å²) in [5.74, 6) is 2.28. The van der Waals surface area contributed by atoms with Crippen LogP contribution < -0.4 is 9.47 Å². The van der Waals surface area contributed by atoms with Crippen molar-refractivity contribution < 1.29 is 13.9 Å². The maximum atomic E-state index is 6.02. The van der Waals surface area contributed by atoms with E-state index in [-0.39, 0.29) is 6.10 Å². The molecule has 5 nitrogen and oxygen atoms in total. The molecular weight excluding hydrogens is 304 g/mol. The van der Waals surface area contributed by atoms with Gasteiger partial charge in [0.2, 0.25) is 5.89 Å². The first-order chi connectivity index (χ1) is 11.7. The zero-order valence-corrected chi connectivity index (χ0v) is 14.0. The second-order valence-electron chi connectivity index (χ2n) is 5.48. The number of aromatic nitrogens is 2. The van der Waals surface area contributed by atoms with Gasteiger partial charge in [-0.05, 0) is 37.6 Å². The van der Waals surface area contributed by atoms with Crippen molar-refractivity contribution >= 4 is 0 Å². The Labute approximate surface area is 141 Å². The summed E-state index contributed by atoms with van der Waals surface area (Å²) in [6.45, 7) is 4.05. The summed E-state index contributed by atoms with van der Waals surface area (Å²) in [5, 5.41) is 8.30. The number of rotatable bonds is 6. The molecule has 0 bridgehead atoms. The fourth-order valence-corrected chi connectivity index (χ4v) is 2.36. The summed E-state index contributed by atoms with van der Waals surface area (Å²) in [4.78, 5) is 0. The maximum absolute atomic E-state index is 6.02. The van der Waals surface area contributed by atoms with Crippen molar-refractivity contribution in [3.05, 3.63) is 60.0 Å². The maximum Gasteiger partial charge on any atom is 0.257 e. The van der Waals surface area contributed by atoms with Crippen molar-refractivity contribution in [3.63, 3.8) is 0 Å². The molecule has 3 aromatic rings. The first kappa shape index (κ1) is 16.1. The number of hydrogen-bond acceptors (Lipinski definition) is 5. The number of methoxy groups -OCH3 is 1. The van der Waals surface area contributed by atoms with E-state index in [1.54, 1.807) is 7.11 Å². The lowest BCUT2D eigenvalue weighted by atomic mass is 10.1. The molecule has 124 valence electrons. The van der Waals surface area contributed by atoms with Gasteiger partial charge in [-0.2, -0.15) is 0 Å². The van der Waals surface area contributed by atoms with Gasteiger partial charge in [-0.25, -0.2) is 0 Å². The summed E-state index contributed by atoms with van der Waals surface area (Å²) >= 11 is 0. The largest absolute Gasteiger partial charge is 0.493 e. The van der Waals surface area contributed by atoms with Crippen LogP contribution in [0.15, 0.2) is 52.9 Å². The van der Waals surface area contributed by atoms with Crippen LogP contribution in [0.2, 0.25) is 0 Å². The van der Waals surface area contributed by atoms with Crippen LogP contribution in [0.1, 0.15) is 30.9 Å². The van der Waals surface area contributed by atoms with Crippen LogP contribution in [0.5, 0.6) is 11.5 Å². The Kier molecular flexibility index (Phi) is 4.79. The van der Waals surface area contributed by atoms with Crippen molar-refractivity contribution in [1.82, 2.24) is 10.2 Å². The van der Waals surface area contributed by atoms with Gasteiger partial charge in [0.05, 0.1) is 7.11 Å². The van der Waals surface area contributed by atoms with Gasteiger partial charge in [0.1, 0.15) is 0 Å². The molecule has 1 heterocycles. The Morgan fingerprint density at radius 1 is 1.00 bits per heavy atom. The molecule has 24 heavy (non-hydrogen) atoms. The van der Waals surface area contributed by atoms with Gasteiger partial charge >= 0.3 is 0 Å². The lowest BCUT2D eigenvalue weighted by molar-refractivity contribution is 0.160. The minimum absolute atomic E-state index is 0.326. The molecule has 1 aromatic heterocycles. The molecule has 2 aromatic carbocycles. The Hall–Kier alpha value is -2.82. The van der Waals surface area contributed by atoms with Crippen LogP contribution in [0.25, 0.3) is 11.5 Å².